The van der Waals surface area contributed by atoms with E-state index in [1.807, 2.05) is 0 Å². The fraction of sp³-hybridized carbons (Fsp3) is 0.727. The summed E-state index contributed by atoms with van der Waals surface area (Å²) in [6, 6.07) is 10.5. The molecule has 12 aliphatic carbocycles. The van der Waals surface area contributed by atoms with Crippen molar-refractivity contribution in [2.75, 3.05) is 0 Å². The lowest BCUT2D eigenvalue weighted by Crippen LogP contribution is -3.07. The second-order valence-electron chi connectivity index (χ2n) is 11.2. The van der Waals surface area contributed by atoms with Gasteiger partial charge in [-0.05, 0) is 94.0 Å². The van der Waals surface area contributed by atoms with Gasteiger partial charge in [-0.3, -0.25) is 0 Å². The molecule has 22 heavy (non-hydrogen) atoms. The van der Waals surface area contributed by atoms with Crippen LogP contribution in [-0.2, 0) is 10.8 Å². The predicted octanol–water partition coefficient (Wildman–Crippen LogP) is 2.93. The molecule has 1 aromatic rings. The quantitative estimate of drug-likeness (QED) is 0.782. The Morgan fingerprint density at radius 3 is 0.955 bits per heavy atom. The summed E-state index contributed by atoms with van der Waals surface area (Å²) in [5, 5.41) is 0. The van der Waals surface area contributed by atoms with Gasteiger partial charge in [-0.15, -0.1) is 0 Å². The molecule has 0 bridgehead atoms. The Kier molecular flexibility index (Phi) is 0.756. The van der Waals surface area contributed by atoms with Crippen LogP contribution in [0.3, 0.4) is 0 Å². The summed E-state index contributed by atoms with van der Waals surface area (Å²) in [4.78, 5) is 0. The van der Waals surface area contributed by atoms with E-state index < -0.39 is 0 Å². The lowest BCUT2D eigenvalue weighted by atomic mass is 8.96. The van der Waals surface area contributed by atoms with E-state index in [9.17, 15) is 0 Å². The van der Waals surface area contributed by atoms with Crippen LogP contribution in [0.1, 0.15) is 11.1 Å². The summed E-state index contributed by atoms with van der Waals surface area (Å²) in [7, 11) is 0. The summed E-state index contributed by atoms with van der Waals surface area (Å²) >= 11 is 0. The van der Waals surface area contributed by atoms with Crippen molar-refractivity contribution in [1.82, 2.24) is 0 Å². The van der Waals surface area contributed by atoms with Gasteiger partial charge in [0.05, 0.1) is 0 Å². The number of benzene rings is 1. The van der Waals surface area contributed by atoms with Gasteiger partial charge in [-0.25, -0.2) is 0 Å². The monoisotopic (exact) mass is 282 g/mol. The molecule has 106 valence electrons. The number of hydrogen-bond acceptors (Lipinski definition) is 0. The van der Waals surface area contributed by atoms with Crippen LogP contribution >= 0.6 is 0 Å². The van der Waals surface area contributed by atoms with Crippen molar-refractivity contribution in [2.24, 2.45) is 82.9 Å². The van der Waals surface area contributed by atoms with Crippen molar-refractivity contribution < 1.29 is 0 Å². The SMILES string of the molecule is c1cc(C23C4C5C6C4C2C6C53)ccc1C12C3C4C5C3C1C5C42. The van der Waals surface area contributed by atoms with Crippen molar-refractivity contribution in [3.63, 3.8) is 0 Å². The Morgan fingerprint density at radius 1 is 0.409 bits per heavy atom. The third kappa shape index (κ3) is 0.382. The van der Waals surface area contributed by atoms with Gasteiger partial charge < -0.3 is 0 Å². The maximum absolute atomic E-state index is 2.62. The van der Waals surface area contributed by atoms with Crippen molar-refractivity contribution in [2.45, 2.75) is 10.8 Å². The minimum absolute atomic E-state index is 0.763. The summed E-state index contributed by atoms with van der Waals surface area (Å²) < 4.78 is 0. The second-order valence-corrected chi connectivity index (χ2v) is 11.2. The lowest BCUT2D eigenvalue weighted by molar-refractivity contribution is -0.582. The third-order valence-corrected chi connectivity index (χ3v) is 12.8. The van der Waals surface area contributed by atoms with Gasteiger partial charge in [0.15, 0.2) is 0 Å². The van der Waals surface area contributed by atoms with Crippen LogP contribution in [0.4, 0.5) is 0 Å². The molecule has 0 radical (unpaired) electrons. The highest BCUT2D eigenvalue weighted by Gasteiger charge is 3.05. The molecule has 0 N–H and O–H groups in total. The van der Waals surface area contributed by atoms with Crippen molar-refractivity contribution in [3.05, 3.63) is 35.4 Å². The van der Waals surface area contributed by atoms with Crippen LogP contribution in [-0.4, -0.2) is 0 Å². The zero-order valence-corrected chi connectivity index (χ0v) is 12.4. The van der Waals surface area contributed by atoms with E-state index >= 15 is 0 Å². The molecule has 0 spiro atoms. The van der Waals surface area contributed by atoms with E-state index in [2.05, 4.69) is 24.3 Å². The summed E-state index contributed by atoms with van der Waals surface area (Å²) in [5.41, 5.74) is 5.10. The van der Waals surface area contributed by atoms with Gasteiger partial charge in [0, 0.05) is 10.8 Å². The lowest BCUT2D eigenvalue weighted by Gasteiger charge is -3.08. The molecule has 0 heterocycles. The van der Waals surface area contributed by atoms with Gasteiger partial charge in [0.2, 0.25) is 0 Å². The standard InChI is InChI=1S/C22H18/c1-2-6(22-18-12-8-13(18)20(22)14(8)19(12)22)4-3-5(1)21-15-9-7-10(15)17(21)11(7)16(9)21/h1-4,7-20H. The highest BCUT2D eigenvalue weighted by Crippen LogP contribution is 3.06. The second kappa shape index (κ2) is 1.87. The van der Waals surface area contributed by atoms with Gasteiger partial charge >= 0.3 is 0 Å². The van der Waals surface area contributed by atoms with Crippen molar-refractivity contribution >= 4 is 0 Å². The maximum Gasteiger partial charge on any atom is 0.00548 e. The Bertz CT molecular complexity index is 728. The molecule has 0 amide bonds. The van der Waals surface area contributed by atoms with E-state index in [0.29, 0.717) is 0 Å². The van der Waals surface area contributed by atoms with Crippen LogP contribution in [0.5, 0.6) is 0 Å². The predicted molar refractivity (Wildman–Crippen MR) is 78.7 cm³/mol. The van der Waals surface area contributed by atoms with Crippen molar-refractivity contribution in [3.8, 4) is 0 Å². The Labute approximate surface area is 129 Å². The first-order valence-corrected chi connectivity index (χ1v) is 10.1. The molecule has 12 aliphatic rings. The molecule has 0 aromatic heterocycles. The molecular formula is C22H18. The van der Waals surface area contributed by atoms with E-state index in [4.69, 9.17) is 0 Å². The summed E-state index contributed by atoms with van der Waals surface area (Å²) in [6.07, 6.45) is 0. The molecule has 0 atom stereocenters. The summed E-state index contributed by atoms with van der Waals surface area (Å²) in [5.74, 6) is 16.9. The number of hydrogen-bond donors (Lipinski definition) is 0. The van der Waals surface area contributed by atoms with Crippen LogP contribution in [0, 0.1) is 82.9 Å². The zero-order valence-electron chi connectivity index (χ0n) is 12.4. The normalized spacial score (nSPS) is 89.3. The average molecular weight is 282 g/mol. The van der Waals surface area contributed by atoms with Crippen LogP contribution in [0.15, 0.2) is 24.3 Å². The molecule has 12 saturated carbocycles. The average Bonchev–Trinajstić information content (AvgIpc) is 2.62. The zero-order chi connectivity index (χ0) is 13.1. The molecular weight excluding hydrogens is 264 g/mol. The third-order valence-electron chi connectivity index (χ3n) is 12.8. The van der Waals surface area contributed by atoms with Gasteiger partial charge in [0.25, 0.3) is 0 Å². The minimum atomic E-state index is 0.763. The van der Waals surface area contributed by atoms with Crippen LogP contribution < -0.4 is 0 Å². The molecule has 12 fully saturated rings. The van der Waals surface area contributed by atoms with E-state index in [1.54, 1.807) is 11.1 Å². The molecule has 1 aromatic carbocycles. The smallest absolute Gasteiger partial charge is 0.00548 e. The molecule has 0 nitrogen and oxygen atoms in total. The Balaban J connectivity index is 1.07. The molecule has 0 aliphatic heterocycles. The van der Waals surface area contributed by atoms with Gasteiger partial charge in [-0.1, -0.05) is 24.3 Å². The highest BCUT2D eigenvalue weighted by molar-refractivity contribution is 5.62. The van der Waals surface area contributed by atoms with Gasteiger partial charge in [-0.2, -0.15) is 0 Å². The number of rotatable bonds is 2. The minimum Gasteiger partial charge on any atom is -0.0582 e. The van der Waals surface area contributed by atoms with Crippen LogP contribution in [0.25, 0.3) is 0 Å². The van der Waals surface area contributed by atoms with E-state index in [1.165, 1.54) is 82.9 Å². The van der Waals surface area contributed by atoms with E-state index in [0.717, 1.165) is 10.8 Å². The van der Waals surface area contributed by atoms with Crippen LogP contribution in [0.2, 0.25) is 0 Å². The van der Waals surface area contributed by atoms with E-state index in [-0.39, 0.29) is 0 Å². The Morgan fingerprint density at radius 2 is 0.682 bits per heavy atom. The topological polar surface area (TPSA) is 0 Å². The molecule has 13 rings (SSSR count). The first-order valence-electron chi connectivity index (χ1n) is 10.1. The molecule has 0 unspecified atom stereocenters. The first-order chi connectivity index (χ1) is 10.9. The Hall–Kier alpha value is -0.780. The largest absolute Gasteiger partial charge is 0.0582 e. The highest BCUT2D eigenvalue weighted by atomic mass is 15.1. The fourth-order valence-electron chi connectivity index (χ4n) is 13.1. The molecule has 0 heteroatoms. The van der Waals surface area contributed by atoms with Gasteiger partial charge in [0.1, 0.15) is 0 Å². The maximum atomic E-state index is 2.62. The summed E-state index contributed by atoms with van der Waals surface area (Å²) in [6.45, 7) is 0. The van der Waals surface area contributed by atoms with Crippen molar-refractivity contribution in [1.29, 1.82) is 0 Å². The molecule has 0 saturated heterocycles. The first kappa shape index (κ1) is 8.90. The fourth-order valence-corrected chi connectivity index (χ4v) is 13.1.